The van der Waals surface area contributed by atoms with Crippen molar-refractivity contribution < 1.29 is 40.9 Å². The molecule has 0 aromatic rings. The Kier molecular flexibility index (Phi) is 27.6. The molecule has 16 aliphatic rings. The van der Waals surface area contributed by atoms with E-state index in [1.165, 1.54) is 180 Å². The first-order valence-corrected chi connectivity index (χ1v) is 51.8. The van der Waals surface area contributed by atoms with E-state index in [4.69, 9.17) is 0 Å². The van der Waals surface area contributed by atoms with Gasteiger partial charge in [-0.05, 0) is 466 Å². The molecule has 8 heteroatoms. The van der Waals surface area contributed by atoms with E-state index in [-0.39, 0.29) is 46.8 Å². The Morgan fingerprint density at radius 1 is 0.216 bits per heavy atom. The van der Waals surface area contributed by atoms with Crippen molar-refractivity contribution in [2.45, 2.75) is 470 Å². The zero-order valence-electron chi connectivity index (χ0n) is 80.3. The third-order valence-corrected chi connectivity index (χ3v) is 45.6. The molecular weight excluding hydrogens is 1430 g/mol. The minimum Gasteiger partial charge on any atom is -0.393 e. The summed E-state index contributed by atoms with van der Waals surface area (Å²) in [4.78, 5) is 0. The van der Waals surface area contributed by atoms with Gasteiger partial charge in [0.05, 0.1) is 46.8 Å². The Bertz CT molecular complexity index is 2820. The molecule has 672 valence electrons. The van der Waals surface area contributed by atoms with Gasteiger partial charge in [-0.1, -0.05) is 166 Å². The molecule has 8 nitrogen and oxygen atoms in total. The highest BCUT2D eigenvalue weighted by Crippen LogP contribution is 2.75. The molecule has 0 bridgehead atoms. The minimum absolute atomic E-state index is 0.161. The van der Waals surface area contributed by atoms with Gasteiger partial charge < -0.3 is 40.9 Å². The van der Waals surface area contributed by atoms with Crippen molar-refractivity contribution in [3.8, 4) is 0 Å². The second kappa shape index (κ2) is 34.4. The van der Waals surface area contributed by atoms with Gasteiger partial charge in [-0.3, -0.25) is 0 Å². The zero-order chi connectivity index (χ0) is 84.8. The van der Waals surface area contributed by atoms with E-state index in [0.29, 0.717) is 114 Å². The maximum atomic E-state index is 11.0. The Labute approximate surface area is 715 Å². The molecule has 16 saturated carbocycles. The minimum atomic E-state index is -0.388. The van der Waals surface area contributed by atoms with E-state index in [1.54, 1.807) is 0 Å². The van der Waals surface area contributed by atoms with Gasteiger partial charge in [0.25, 0.3) is 0 Å². The monoisotopic (exact) mass is 1620 g/mol. The normalized spacial score (nSPS) is 51.8. The predicted octanol–water partition coefficient (Wildman–Crippen LogP) is 25.8. The number of hydrogen-bond donors (Lipinski definition) is 8. The van der Waals surface area contributed by atoms with Gasteiger partial charge in [-0.25, -0.2) is 0 Å². The van der Waals surface area contributed by atoms with Gasteiger partial charge in [0, 0.05) is 0 Å². The molecule has 0 radical (unpaired) electrons. The van der Waals surface area contributed by atoms with Crippen LogP contribution in [0, 0.1) is 209 Å². The molecule has 116 heavy (non-hydrogen) atoms. The van der Waals surface area contributed by atoms with Gasteiger partial charge >= 0.3 is 0 Å². The molecule has 8 N–H and O–H groups in total. The number of hydrogen-bond acceptors (Lipinski definition) is 8. The molecule has 0 amide bonds. The van der Waals surface area contributed by atoms with Gasteiger partial charge in [-0.15, -0.1) is 0 Å². The van der Waals surface area contributed by atoms with Gasteiger partial charge in [0.15, 0.2) is 0 Å². The predicted molar refractivity (Wildman–Crippen MR) is 482 cm³/mol. The van der Waals surface area contributed by atoms with E-state index >= 15 is 0 Å². The van der Waals surface area contributed by atoms with E-state index in [0.717, 1.165) is 172 Å². The quantitative estimate of drug-likeness (QED) is 0.0758. The second-order valence-corrected chi connectivity index (χ2v) is 51.0. The number of aliphatic hydroxyl groups excluding tert-OH is 4. The molecule has 16 rings (SSSR count). The van der Waals surface area contributed by atoms with Crippen LogP contribution in [0.15, 0.2) is 0 Å². The molecule has 0 aliphatic heterocycles. The summed E-state index contributed by atoms with van der Waals surface area (Å²) in [5.74, 6) is 19.2. The van der Waals surface area contributed by atoms with Gasteiger partial charge in [-0.2, -0.15) is 0 Å². The van der Waals surface area contributed by atoms with Crippen LogP contribution in [0.5, 0.6) is 0 Å². The number of rotatable bonds is 16. The van der Waals surface area contributed by atoms with Crippen molar-refractivity contribution in [3.63, 3.8) is 0 Å². The lowest BCUT2D eigenvalue weighted by Gasteiger charge is -2.62. The molecule has 0 heterocycles. The fourth-order valence-corrected chi connectivity index (χ4v) is 37.6. The third-order valence-electron chi connectivity index (χ3n) is 45.6. The third kappa shape index (κ3) is 16.1. The SMILES string of the molecule is CC[C@]1(O)CC[C@@]2(C)[C@@H](CC[C@@H]3[C@@H]2CC[C@]2(C)[C@@H]([C@H](C)C(O)C(C)C)CC[C@@H]32)C1.CC[C@]1(O)CC[C@@]2(C)[C@@H](CC[C@@H]3[C@@H]2CC[C@]2(C)[C@@H]([C@H](C)[C@@H](O)C(C)C)CC[C@@H]32)C1.CC[C@]1(O)CC[C@@]2(C)[C@@H](CC[C@@H]3[C@@H]2CC[C@]2(C)[C@@H]([C@H](C)[C@@H](O)C(C)C)CC[C@@H]32)C1.CC[C@]1(O)CC[C@@]2(C)[C@@H](CC[C@@H]3[C@@H]2CC[C@]2(C)[C@@H]([C@H](C)[C@H](O)C(C)C)CC[C@@H]32)C1. The van der Waals surface area contributed by atoms with E-state index in [1.807, 2.05) is 0 Å². The molecule has 0 saturated heterocycles. The Balaban J connectivity index is 0.000000135. The van der Waals surface area contributed by atoms with Crippen LogP contribution in [-0.4, -0.2) is 87.7 Å². The smallest absolute Gasteiger partial charge is 0.0648 e. The second-order valence-electron chi connectivity index (χ2n) is 51.0. The summed E-state index contributed by atoms with van der Waals surface area (Å²) < 4.78 is 0. The summed E-state index contributed by atoms with van der Waals surface area (Å²) in [7, 11) is 0. The molecule has 40 atom stereocenters. The lowest BCUT2D eigenvalue weighted by atomic mass is 9.43. The molecule has 0 spiro atoms. The molecule has 1 unspecified atom stereocenters. The largest absolute Gasteiger partial charge is 0.393 e. The van der Waals surface area contributed by atoms with Gasteiger partial charge in [0.1, 0.15) is 0 Å². The maximum Gasteiger partial charge on any atom is 0.0648 e. The lowest BCUT2D eigenvalue weighted by Crippen LogP contribution is -2.56. The summed E-state index contributed by atoms with van der Waals surface area (Å²) in [6.07, 6.45) is 49.0. The van der Waals surface area contributed by atoms with E-state index in [9.17, 15) is 40.9 Å². The summed E-state index contributed by atoms with van der Waals surface area (Å²) in [6.45, 7) is 56.2. The van der Waals surface area contributed by atoms with Crippen LogP contribution in [0.25, 0.3) is 0 Å². The average Bonchev–Trinajstić information content (AvgIpc) is 1.43. The van der Waals surface area contributed by atoms with Crippen molar-refractivity contribution >= 4 is 0 Å². The van der Waals surface area contributed by atoms with Crippen LogP contribution < -0.4 is 0 Å². The van der Waals surface area contributed by atoms with Crippen LogP contribution in [0.1, 0.15) is 423 Å². The standard InChI is InChI=1S/4C27H48O2/c4*1-7-27(29)15-14-25(5)19(16-27)8-9-20-22-11-10-21(18(4)24(28)17(2)3)26(22,6)13-12-23(20)25/h4*17-24,28-29H,7-16H2,1-6H3/t18-,19-,20-,21+,22-,23-,24?,25-,26+,27-;18-,19-,20-,21+,22-,23-,24+,25-,26+,27-;2*18-,19-,20-,21+,22-,23-,24-,25-,26+,27-/m0000/s1. The Hall–Kier alpha value is -0.320. The molecule has 16 aliphatic carbocycles. The summed E-state index contributed by atoms with van der Waals surface area (Å²) in [5.41, 5.74) is 1.97. The average molecular weight is 1620 g/mol. The first-order valence-electron chi connectivity index (χ1n) is 51.8. The van der Waals surface area contributed by atoms with E-state index in [2.05, 4.69) is 166 Å². The maximum absolute atomic E-state index is 11.0. The van der Waals surface area contributed by atoms with Crippen LogP contribution in [0.4, 0.5) is 0 Å². The fraction of sp³-hybridized carbons (Fsp3) is 1.00. The molecule has 16 fully saturated rings. The van der Waals surface area contributed by atoms with Crippen molar-refractivity contribution in [3.05, 3.63) is 0 Å². The summed E-state index contributed by atoms with van der Waals surface area (Å²) in [6, 6.07) is 0. The lowest BCUT2D eigenvalue weighted by molar-refractivity contribution is -0.154. The van der Waals surface area contributed by atoms with Crippen molar-refractivity contribution in [1.29, 1.82) is 0 Å². The molecular formula is C108H192O8. The van der Waals surface area contributed by atoms with Crippen LogP contribution in [0.3, 0.4) is 0 Å². The van der Waals surface area contributed by atoms with Crippen LogP contribution in [0.2, 0.25) is 0 Å². The highest BCUT2D eigenvalue weighted by atomic mass is 16.3. The van der Waals surface area contributed by atoms with E-state index < -0.39 is 0 Å². The highest BCUT2D eigenvalue weighted by Gasteiger charge is 2.68. The topological polar surface area (TPSA) is 162 Å². The first-order chi connectivity index (χ1) is 54.2. The number of fused-ring (bicyclic) bond motifs is 20. The van der Waals surface area contributed by atoms with Crippen molar-refractivity contribution in [1.82, 2.24) is 0 Å². The fourth-order valence-electron chi connectivity index (χ4n) is 37.6. The Morgan fingerprint density at radius 2 is 0.388 bits per heavy atom. The summed E-state index contributed by atoms with van der Waals surface area (Å²) in [5, 5.41) is 87.3. The van der Waals surface area contributed by atoms with Crippen molar-refractivity contribution in [2.24, 2.45) is 209 Å². The van der Waals surface area contributed by atoms with Crippen LogP contribution in [-0.2, 0) is 0 Å². The molecule has 0 aromatic carbocycles. The highest BCUT2D eigenvalue weighted by molar-refractivity contribution is 5.17. The van der Waals surface area contributed by atoms with Gasteiger partial charge in [0.2, 0.25) is 0 Å². The molecule has 0 aromatic heterocycles. The zero-order valence-corrected chi connectivity index (χ0v) is 80.3. The van der Waals surface area contributed by atoms with Crippen molar-refractivity contribution in [2.75, 3.05) is 0 Å². The summed E-state index contributed by atoms with van der Waals surface area (Å²) >= 11 is 0. The number of aliphatic hydroxyl groups is 8. The first kappa shape index (κ1) is 93.3. The van der Waals surface area contributed by atoms with Crippen LogP contribution >= 0.6 is 0 Å². The Morgan fingerprint density at radius 3 is 0.552 bits per heavy atom.